The monoisotopic (exact) mass is 697 g/mol. The highest BCUT2D eigenvalue weighted by atomic mass is 32.2. The fourth-order valence-electron chi connectivity index (χ4n) is 8.70. The molecule has 0 amide bonds. The van der Waals surface area contributed by atoms with Crippen LogP contribution in [0.25, 0.3) is 56.0 Å². The highest BCUT2D eigenvalue weighted by Crippen LogP contribution is 2.62. The van der Waals surface area contributed by atoms with Gasteiger partial charge in [0.2, 0.25) is 0 Å². The van der Waals surface area contributed by atoms with Crippen LogP contribution in [0, 0.1) is 20.8 Å². The van der Waals surface area contributed by atoms with E-state index in [1.165, 1.54) is 76.6 Å². The first kappa shape index (κ1) is 31.6. The van der Waals surface area contributed by atoms with Crippen LogP contribution in [0.15, 0.2) is 168 Å². The molecule has 0 fully saturated rings. The SMILES string of the molecule is Cc1cc(-c2cccc(-c3ccccc3)c2)nc(-c2ccc3c(c2)Sc2ccccc2C32c3ccccc3-c3cc(-c4c(C)cncc4C)ccc32)n1. The molecule has 6 aromatic carbocycles. The van der Waals surface area contributed by atoms with Gasteiger partial charge < -0.3 is 0 Å². The molecule has 3 nitrogen and oxygen atoms in total. The van der Waals surface area contributed by atoms with Crippen molar-refractivity contribution in [1.82, 2.24) is 15.0 Å². The van der Waals surface area contributed by atoms with Gasteiger partial charge in [0, 0.05) is 39.0 Å². The van der Waals surface area contributed by atoms with E-state index in [1.807, 2.05) is 24.2 Å². The minimum Gasteiger partial charge on any atom is -0.264 e. The van der Waals surface area contributed by atoms with Crippen molar-refractivity contribution in [2.45, 2.75) is 36.0 Å². The van der Waals surface area contributed by atoms with Gasteiger partial charge in [-0.3, -0.25) is 4.98 Å². The summed E-state index contributed by atoms with van der Waals surface area (Å²) in [7, 11) is 0. The molecule has 0 bridgehead atoms. The van der Waals surface area contributed by atoms with Crippen molar-refractivity contribution in [3.05, 3.63) is 197 Å². The van der Waals surface area contributed by atoms with Crippen LogP contribution in [0.4, 0.5) is 0 Å². The maximum atomic E-state index is 5.19. The Labute approximate surface area is 314 Å². The third-order valence-corrected chi connectivity index (χ3v) is 12.1. The van der Waals surface area contributed by atoms with E-state index >= 15 is 0 Å². The lowest BCUT2D eigenvalue weighted by Crippen LogP contribution is -2.32. The summed E-state index contributed by atoms with van der Waals surface area (Å²) in [5, 5.41) is 0. The summed E-state index contributed by atoms with van der Waals surface area (Å²) in [5.41, 5.74) is 18.6. The van der Waals surface area contributed by atoms with Gasteiger partial charge in [-0.05, 0) is 118 Å². The molecule has 252 valence electrons. The van der Waals surface area contributed by atoms with Gasteiger partial charge in [-0.15, -0.1) is 0 Å². The van der Waals surface area contributed by atoms with E-state index in [4.69, 9.17) is 9.97 Å². The molecule has 53 heavy (non-hydrogen) atoms. The largest absolute Gasteiger partial charge is 0.264 e. The van der Waals surface area contributed by atoms with E-state index in [0.29, 0.717) is 0 Å². The summed E-state index contributed by atoms with van der Waals surface area (Å²) in [5.74, 6) is 0.737. The van der Waals surface area contributed by atoms with Gasteiger partial charge >= 0.3 is 0 Å². The lowest BCUT2D eigenvalue weighted by atomic mass is 9.67. The van der Waals surface area contributed by atoms with Crippen LogP contribution in [0.1, 0.15) is 39.1 Å². The summed E-state index contributed by atoms with van der Waals surface area (Å²) in [4.78, 5) is 17.1. The van der Waals surface area contributed by atoms with Crippen LogP contribution in [0.2, 0.25) is 0 Å². The fourth-order valence-corrected chi connectivity index (χ4v) is 9.93. The molecule has 1 spiro atoms. The first-order valence-electron chi connectivity index (χ1n) is 18.1. The molecule has 1 aliphatic carbocycles. The van der Waals surface area contributed by atoms with Gasteiger partial charge in [0.15, 0.2) is 5.82 Å². The standard InChI is InChI=1S/C49H35N3S/c1-30-28-50-29-31(2)47(30)36-20-22-41-39(26-36)38-16-7-8-17-40(38)49(41)42-18-9-10-19-45(42)53-46-27-37(21-23-43(46)49)48-51-32(3)24-44(52-48)35-15-11-14-34(25-35)33-12-5-4-6-13-33/h4-29H,1-3H3. The molecular weight excluding hydrogens is 663 g/mol. The summed E-state index contributed by atoms with van der Waals surface area (Å²) in [6, 6.07) is 53.2. The Morgan fingerprint density at radius 1 is 0.453 bits per heavy atom. The quantitative estimate of drug-likeness (QED) is 0.183. The molecule has 2 aliphatic rings. The summed E-state index contributed by atoms with van der Waals surface area (Å²) >= 11 is 1.85. The first-order valence-corrected chi connectivity index (χ1v) is 18.9. The Morgan fingerprint density at radius 2 is 1.11 bits per heavy atom. The zero-order valence-corrected chi connectivity index (χ0v) is 30.6. The summed E-state index contributed by atoms with van der Waals surface area (Å²) < 4.78 is 0. The van der Waals surface area contributed by atoms with E-state index < -0.39 is 5.41 Å². The number of aryl methyl sites for hydroxylation is 3. The third kappa shape index (κ3) is 4.93. The first-order chi connectivity index (χ1) is 26.0. The van der Waals surface area contributed by atoms with Crippen LogP contribution >= 0.6 is 11.8 Å². The van der Waals surface area contributed by atoms with Gasteiger partial charge in [0.1, 0.15) is 0 Å². The Hall–Kier alpha value is -6.10. The summed E-state index contributed by atoms with van der Waals surface area (Å²) in [6.07, 6.45) is 3.94. The van der Waals surface area contributed by atoms with Crippen molar-refractivity contribution in [3.8, 4) is 56.0 Å². The van der Waals surface area contributed by atoms with Gasteiger partial charge in [-0.25, -0.2) is 9.97 Å². The lowest BCUT2D eigenvalue weighted by molar-refractivity contribution is 0.722. The topological polar surface area (TPSA) is 38.7 Å². The molecule has 0 saturated carbocycles. The van der Waals surface area contributed by atoms with E-state index in [0.717, 1.165) is 28.3 Å². The number of aromatic nitrogens is 3. The predicted octanol–water partition coefficient (Wildman–Crippen LogP) is 12.3. The number of benzene rings is 6. The Morgan fingerprint density at radius 3 is 1.96 bits per heavy atom. The highest BCUT2D eigenvalue weighted by molar-refractivity contribution is 7.99. The summed E-state index contributed by atoms with van der Waals surface area (Å²) in [6.45, 7) is 6.37. The maximum absolute atomic E-state index is 5.19. The second kappa shape index (κ2) is 12.3. The molecule has 4 heteroatoms. The van der Waals surface area contributed by atoms with Gasteiger partial charge in [-0.2, -0.15) is 0 Å². The zero-order chi connectivity index (χ0) is 35.7. The van der Waals surface area contributed by atoms with Crippen molar-refractivity contribution >= 4 is 11.8 Å². The normalized spacial score (nSPS) is 15.1. The molecule has 1 aliphatic heterocycles. The Bertz CT molecular complexity index is 2730. The van der Waals surface area contributed by atoms with E-state index in [1.54, 1.807) is 0 Å². The van der Waals surface area contributed by atoms with Crippen LogP contribution in [-0.2, 0) is 5.41 Å². The molecule has 1 atom stereocenters. The van der Waals surface area contributed by atoms with Gasteiger partial charge in [0.05, 0.1) is 11.1 Å². The average molecular weight is 698 g/mol. The van der Waals surface area contributed by atoms with E-state index in [-0.39, 0.29) is 0 Å². The number of hydrogen-bond acceptors (Lipinski definition) is 4. The number of pyridine rings is 1. The smallest absolute Gasteiger partial charge is 0.160 e. The number of fused-ring (bicyclic) bond motifs is 9. The van der Waals surface area contributed by atoms with Crippen molar-refractivity contribution < 1.29 is 0 Å². The number of nitrogens with zero attached hydrogens (tertiary/aromatic N) is 3. The molecule has 3 heterocycles. The molecule has 0 N–H and O–H groups in total. The minimum absolute atomic E-state index is 0.459. The Balaban J connectivity index is 1.14. The predicted molar refractivity (Wildman–Crippen MR) is 217 cm³/mol. The third-order valence-electron chi connectivity index (χ3n) is 10.9. The molecule has 0 radical (unpaired) electrons. The minimum atomic E-state index is -0.459. The van der Waals surface area contributed by atoms with Crippen molar-refractivity contribution in [1.29, 1.82) is 0 Å². The van der Waals surface area contributed by atoms with Gasteiger partial charge in [-0.1, -0.05) is 127 Å². The molecule has 0 saturated heterocycles. The Kier molecular flexibility index (Phi) is 7.31. The fraction of sp³-hybridized carbons (Fsp3) is 0.0816. The van der Waals surface area contributed by atoms with Gasteiger partial charge in [0.25, 0.3) is 0 Å². The van der Waals surface area contributed by atoms with E-state index in [9.17, 15) is 0 Å². The van der Waals surface area contributed by atoms with Crippen molar-refractivity contribution in [2.24, 2.45) is 0 Å². The molecule has 2 aromatic heterocycles. The maximum Gasteiger partial charge on any atom is 0.160 e. The number of rotatable bonds is 4. The second-order valence-corrected chi connectivity index (χ2v) is 15.3. The molecule has 10 rings (SSSR count). The molecule has 1 unspecified atom stereocenters. The lowest BCUT2D eigenvalue weighted by Gasteiger charge is -2.39. The van der Waals surface area contributed by atoms with Crippen LogP contribution in [-0.4, -0.2) is 15.0 Å². The zero-order valence-electron chi connectivity index (χ0n) is 29.8. The van der Waals surface area contributed by atoms with E-state index in [2.05, 4.69) is 171 Å². The van der Waals surface area contributed by atoms with Crippen LogP contribution in [0.5, 0.6) is 0 Å². The van der Waals surface area contributed by atoms with Crippen molar-refractivity contribution in [3.63, 3.8) is 0 Å². The molecular formula is C49H35N3S. The average Bonchev–Trinajstić information content (AvgIpc) is 3.48. The number of hydrogen-bond donors (Lipinski definition) is 0. The van der Waals surface area contributed by atoms with Crippen LogP contribution < -0.4 is 0 Å². The second-order valence-electron chi connectivity index (χ2n) is 14.2. The molecule has 8 aromatic rings. The van der Waals surface area contributed by atoms with Crippen molar-refractivity contribution in [2.75, 3.05) is 0 Å². The van der Waals surface area contributed by atoms with Crippen LogP contribution in [0.3, 0.4) is 0 Å². The highest BCUT2D eigenvalue weighted by Gasteiger charge is 2.50.